The van der Waals surface area contributed by atoms with Gasteiger partial charge >= 0.3 is 0 Å². The summed E-state index contributed by atoms with van der Waals surface area (Å²) in [5.74, 6) is 0.786. The summed E-state index contributed by atoms with van der Waals surface area (Å²) < 4.78 is 5.70. The summed E-state index contributed by atoms with van der Waals surface area (Å²) in [5, 5.41) is 2.80. The fourth-order valence-corrected chi connectivity index (χ4v) is 1.58. The van der Waals surface area contributed by atoms with Crippen LogP contribution in [-0.2, 0) is 4.79 Å². The number of hydrogen-bond acceptors (Lipinski definition) is 3. The maximum absolute atomic E-state index is 11.4. The second kappa shape index (κ2) is 7.01. The molecule has 18 heavy (non-hydrogen) atoms. The van der Waals surface area contributed by atoms with E-state index in [-0.39, 0.29) is 18.1 Å². The molecular weight excluding hydrogens is 228 g/mol. The number of ether oxygens (including phenoxy) is 1. The zero-order valence-corrected chi connectivity index (χ0v) is 11.3. The predicted molar refractivity (Wildman–Crippen MR) is 72.5 cm³/mol. The highest BCUT2D eigenvalue weighted by atomic mass is 16.5. The summed E-state index contributed by atoms with van der Waals surface area (Å²) >= 11 is 0. The number of carbonyl (C=O) groups is 1. The van der Waals surface area contributed by atoms with Gasteiger partial charge < -0.3 is 15.8 Å². The maximum Gasteiger partial charge on any atom is 0.221 e. The Morgan fingerprint density at radius 1 is 1.44 bits per heavy atom. The van der Waals surface area contributed by atoms with Gasteiger partial charge in [0.05, 0.1) is 6.54 Å². The first-order valence-corrected chi connectivity index (χ1v) is 6.23. The molecule has 0 saturated carbocycles. The minimum atomic E-state index is -0.113. The standard InChI is InChI=1S/C14H22N2O2/c1-10-5-4-6-13(7-10)18-12(3)9-16-14(17)8-11(2)15/h4-7,11-12H,8-9,15H2,1-3H3,(H,16,17). The summed E-state index contributed by atoms with van der Waals surface area (Å²) in [4.78, 5) is 11.4. The van der Waals surface area contributed by atoms with E-state index >= 15 is 0 Å². The van der Waals surface area contributed by atoms with Crippen molar-refractivity contribution in [3.05, 3.63) is 29.8 Å². The van der Waals surface area contributed by atoms with Crippen LogP contribution in [0.2, 0.25) is 0 Å². The highest BCUT2D eigenvalue weighted by molar-refractivity contribution is 5.76. The molecule has 0 radical (unpaired) electrons. The van der Waals surface area contributed by atoms with Crippen LogP contribution in [0.1, 0.15) is 25.8 Å². The number of amides is 1. The predicted octanol–water partition coefficient (Wildman–Crippen LogP) is 1.62. The molecule has 2 unspecified atom stereocenters. The van der Waals surface area contributed by atoms with Crippen LogP contribution in [0.3, 0.4) is 0 Å². The molecule has 0 aliphatic heterocycles. The zero-order chi connectivity index (χ0) is 13.5. The number of hydrogen-bond donors (Lipinski definition) is 2. The molecule has 3 N–H and O–H groups in total. The molecule has 0 aliphatic carbocycles. The fourth-order valence-electron chi connectivity index (χ4n) is 1.58. The minimum absolute atomic E-state index is 0.0373. The zero-order valence-electron chi connectivity index (χ0n) is 11.3. The minimum Gasteiger partial charge on any atom is -0.489 e. The summed E-state index contributed by atoms with van der Waals surface area (Å²) in [7, 11) is 0. The first-order chi connectivity index (χ1) is 8.47. The maximum atomic E-state index is 11.4. The van der Waals surface area contributed by atoms with Crippen molar-refractivity contribution in [3.8, 4) is 5.75 Å². The Morgan fingerprint density at radius 2 is 2.17 bits per heavy atom. The first kappa shape index (κ1) is 14.5. The molecule has 4 heteroatoms. The van der Waals surface area contributed by atoms with Crippen molar-refractivity contribution < 1.29 is 9.53 Å². The first-order valence-electron chi connectivity index (χ1n) is 6.23. The van der Waals surface area contributed by atoms with Crippen molar-refractivity contribution in [3.63, 3.8) is 0 Å². The van der Waals surface area contributed by atoms with Crippen molar-refractivity contribution in [2.24, 2.45) is 5.73 Å². The molecule has 1 aromatic rings. The highest BCUT2D eigenvalue weighted by Gasteiger charge is 2.08. The Balaban J connectivity index is 2.33. The van der Waals surface area contributed by atoms with Crippen LogP contribution in [-0.4, -0.2) is 24.6 Å². The van der Waals surface area contributed by atoms with E-state index < -0.39 is 0 Å². The van der Waals surface area contributed by atoms with Gasteiger partial charge in [0.1, 0.15) is 11.9 Å². The Morgan fingerprint density at radius 3 is 2.78 bits per heavy atom. The van der Waals surface area contributed by atoms with E-state index in [0.29, 0.717) is 13.0 Å². The molecule has 0 spiro atoms. The van der Waals surface area contributed by atoms with Gasteiger partial charge in [-0.05, 0) is 38.5 Å². The lowest BCUT2D eigenvalue weighted by atomic mass is 10.2. The molecule has 0 saturated heterocycles. The van der Waals surface area contributed by atoms with E-state index in [1.807, 2.05) is 45.0 Å². The van der Waals surface area contributed by atoms with Crippen LogP contribution >= 0.6 is 0 Å². The highest BCUT2D eigenvalue weighted by Crippen LogP contribution is 2.13. The van der Waals surface area contributed by atoms with E-state index in [1.165, 1.54) is 0 Å². The average molecular weight is 250 g/mol. The molecule has 0 aromatic heterocycles. The lowest BCUT2D eigenvalue weighted by Crippen LogP contribution is -2.36. The Bertz CT molecular complexity index is 391. The van der Waals surface area contributed by atoms with Crippen LogP contribution in [0.15, 0.2) is 24.3 Å². The third kappa shape index (κ3) is 5.68. The Hall–Kier alpha value is -1.55. The van der Waals surface area contributed by atoms with Crippen molar-refractivity contribution in [1.29, 1.82) is 0 Å². The van der Waals surface area contributed by atoms with Gasteiger partial charge in [0, 0.05) is 12.5 Å². The van der Waals surface area contributed by atoms with Gasteiger partial charge in [0.25, 0.3) is 0 Å². The van der Waals surface area contributed by atoms with Gasteiger partial charge in [-0.1, -0.05) is 12.1 Å². The number of aryl methyl sites for hydroxylation is 1. The fraction of sp³-hybridized carbons (Fsp3) is 0.500. The Labute approximate surface area is 109 Å². The molecule has 100 valence electrons. The smallest absolute Gasteiger partial charge is 0.221 e. The monoisotopic (exact) mass is 250 g/mol. The molecule has 1 rings (SSSR count). The van der Waals surface area contributed by atoms with Gasteiger partial charge in [-0.3, -0.25) is 4.79 Å². The second-order valence-electron chi connectivity index (χ2n) is 4.73. The largest absolute Gasteiger partial charge is 0.489 e. The van der Waals surface area contributed by atoms with Crippen molar-refractivity contribution in [2.45, 2.75) is 39.3 Å². The van der Waals surface area contributed by atoms with E-state index in [2.05, 4.69) is 5.32 Å². The van der Waals surface area contributed by atoms with Crippen LogP contribution in [0, 0.1) is 6.92 Å². The van der Waals surface area contributed by atoms with Crippen molar-refractivity contribution >= 4 is 5.91 Å². The number of rotatable bonds is 6. The average Bonchev–Trinajstić information content (AvgIpc) is 2.25. The topological polar surface area (TPSA) is 64.3 Å². The molecule has 1 aromatic carbocycles. The van der Waals surface area contributed by atoms with E-state index in [0.717, 1.165) is 11.3 Å². The van der Waals surface area contributed by atoms with E-state index in [1.54, 1.807) is 0 Å². The van der Waals surface area contributed by atoms with Crippen LogP contribution in [0.5, 0.6) is 5.75 Å². The Kier molecular flexibility index (Phi) is 5.65. The van der Waals surface area contributed by atoms with Gasteiger partial charge in [-0.2, -0.15) is 0 Å². The van der Waals surface area contributed by atoms with E-state index in [4.69, 9.17) is 10.5 Å². The molecule has 1 amide bonds. The van der Waals surface area contributed by atoms with Crippen LogP contribution in [0.4, 0.5) is 0 Å². The summed E-state index contributed by atoms with van der Waals surface area (Å²) in [6.07, 6.45) is 0.279. The molecule has 0 heterocycles. The second-order valence-corrected chi connectivity index (χ2v) is 4.73. The molecular formula is C14H22N2O2. The van der Waals surface area contributed by atoms with Crippen LogP contribution in [0.25, 0.3) is 0 Å². The molecule has 2 atom stereocenters. The van der Waals surface area contributed by atoms with Crippen molar-refractivity contribution in [2.75, 3.05) is 6.54 Å². The van der Waals surface area contributed by atoms with Gasteiger partial charge in [0.15, 0.2) is 0 Å². The SMILES string of the molecule is Cc1cccc(OC(C)CNC(=O)CC(C)N)c1. The third-order valence-corrected chi connectivity index (χ3v) is 2.42. The van der Waals surface area contributed by atoms with E-state index in [9.17, 15) is 4.79 Å². The van der Waals surface area contributed by atoms with Crippen molar-refractivity contribution in [1.82, 2.24) is 5.32 Å². The number of carbonyl (C=O) groups excluding carboxylic acids is 1. The lowest BCUT2D eigenvalue weighted by Gasteiger charge is -2.16. The third-order valence-electron chi connectivity index (χ3n) is 2.42. The quantitative estimate of drug-likeness (QED) is 0.806. The van der Waals surface area contributed by atoms with Gasteiger partial charge in [0.2, 0.25) is 5.91 Å². The van der Waals surface area contributed by atoms with Gasteiger partial charge in [-0.25, -0.2) is 0 Å². The summed E-state index contributed by atoms with van der Waals surface area (Å²) in [6, 6.07) is 7.74. The molecule has 0 fully saturated rings. The number of nitrogens with one attached hydrogen (secondary N) is 1. The molecule has 0 bridgehead atoms. The normalized spacial score (nSPS) is 13.8. The summed E-state index contributed by atoms with van der Waals surface area (Å²) in [5.41, 5.74) is 6.70. The lowest BCUT2D eigenvalue weighted by molar-refractivity contribution is -0.121. The van der Waals surface area contributed by atoms with Crippen LogP contribution < -0.4 is 15.8 Å². The number of nitrogens with two attached hydrogens (primary N) is 1. The summed E-state index contributed by atoms with van der Waals surface area (Å²) in [6.45, 7) is 6.24. The molecule has 0 aliphatic rings. The number of benzene rings is 1. The van der Waals surface area contributed by atoms with Gasteiger partial charge in [-0.15, -0.1) is 0 Å². The molecule has 4 nitrogen and oxygen atoms in total.